The molecule has 0 aromatic heterocycles. The smallest absolute Gasteiger partial charge is 0.127 e. The lowest BCUT2D eigenvalue weighted by Gasteiger charge is -2.20. The first-order chi connectivity index (χ1) is 22.8. The molecule has 0 atom stereocenters. The minimum atomic E-state index is 0.291. The van der Waals surface area contributed by atoms with Crippen LogP contribution in [0.25, 0.3) is 0 Å². The summed E-state index contributed by atoms with van der Waals surface area (Å²) in [4.78, 5) is 6.19. The molecule has 1 fully saturated rings. The number of nitrogens with zero attached hydrogens (tertiary/aromatic N) is 1. The topological polar surface area (TPSA) is 47.6 Å². The van der Waals surface area contributed by atoms with Crippen molar-refractivity contribution in [1.29, 1.82) is 0 Å². The van der Waals surface area contributed by atoms with E-state index < -0.39 is 0 Å². The third kappa shape index (κ3) is 29.8. The van der Waals surface area contributed by atoms with E-state index in [1.165, 1.54) is 147 Å². The van der Waals surface area contributed by atoms with E-state index in [-0.39, 0.29) is 0 Å². The van der Waals surface area contributed by atoms with Crippen molar-refractivity contribution in [2.75, 3.05) is 0 Å². The Hall–Kier alpha value is -1.61. The number of allylic oxidation sites excluding steroid dienone is 8. The zero-order chi connectivity index (χ0) is 33.0. The zero-order valence-corrected chi connectivity index (χ0v) is 30.9. The molecule has 3 nitrogen and oxygen atoms in total. The van der Waals surface area contributed by atoms with E-state index in [1.54, 1.807) is 0 Å². The van der Waals surface area contributed by atoms with E-state index in [2.05, 4.69) is 67.6 Å². The van der Waals surface area contributed by atoms with Crippen LogP contribution in [-0.2, 0) is 4.84 Å². The summed E-state index contributed by atoms with van der Waals surface area (Å²) < 4.78 is 0. The lowest BCUT2D eigenvalue weighted by atomic mass is 9.95. The van der Waals surface area contributed by atoms with Crippen LogP contribution in [0, 0.1) is 0 Å². The van der Waals surface area contributed by atoms with Gasteiger partial charge in [0, 0.05) is 6.04 Å². The molecular weight excluding hydrogens is 560 g/mol. The van der Waals surface area contributed by atoms with Gasteiger partial charge in [-0.05, 0) is 116 Å². The summed E-state index contributed by atoms with van der Waals surface area (Å²) in [6, 6.07) is 0.353. The van der Waals surface area contributed by atoms with Gasteiger partial charge in [-0.25, -0.2) is 0 Å². The average molecular weight is 639 g/mol. The van der Waals surface area contributed by atoms with E-state index >= 15 is 0 Å². The van der Waals surface area contributed by atoms with Crippen LogP contribution in [0.3, 0.4) is 0 Å². The number of hydrogen-bond acceptors (Lipinski definition) is 3. The second-order valence-corrected chi connectivity index (χ2v) is 14.0. The van der Waals surface area contributed by atoms with E-state index in [1.807, 2.05) is 0 Å². The summed E-state index contributed by atoms with van der Waals surface area (Å²) in [6.45, 7) is 4.54. The molecule has 0 aromatic carbocycles. The van der Waals surface area contributed by atoms with Crippen molar-refractivity contribution in [3.63, 3.8) is 0 Å². The van der Waals surface area contributed by atoms with Crippen LogP contribution in [0.5, 0.6) is 0 Å². The Labute approximate surface area is 288 Å². The summed E-state index contributed by atoms with van der Waals surface area (Å²) in [5, 5.41) is 4.64. The van der Waals surface area contributed by atoms with Gasteiger partial charge in [-0.1, -0.05) is 145 Å². The van der Waals surface area contributed by atoms with E-state index in [0.717, 1.165) is 51.4 Å². The van der Waals surface area contributed by atoms with Gasteiger partial charge in [-0.2, -0.15) is 0 Å². The normalized spacial score (nSPS) is 15.9. The minimum Gasteiger partial charge on any atom is -0.393 e. The summed E-state index contributed by atoms with van der Waals surface area (Å²) >= 11 is 0. The molecule has 0 unspecified atom stereocenters. The van der Waals surface area contributed by atoms with Crippen molar-refractivity contribution in [2.24, 2.45) is 10.9 Å². The van der Waals surface area contributed by atoms with Gasteiger partial charge in [0.25, 0.3) is 0 Å². The van der Waals surface area contributed by atoms with Gasteiger partial charge in [0.1, 0.15) is 6.10 Å². The van der Waals surface area contributed by atoms with Crippen LogP contribution in [0.4, 0.5) is 0 Å². The Kier molecular flexibility index (Phi) is 32.0. The van der Waals surface area contributed by atoms with Gasteiger partial charge in [0.2, 0.25) is 0 Å². The highest BCUT2D eigenvalue weighted by Crippen LogP contribution is 2.20. The van der Waals surface area contributed by atoms with Crippen LogP contribution in [0.2, 0.25) is 0 Å². The van der Waals surface area contributed by atoms with Gasteiger partial charge in [0.15, 0.2) is 0 Å². The van der Waals surface area contributed by atoms with Gasteiger partial charge in [-0.3, -0.25) is 0 Å². The predicted octanol–water partition coefficient (Wildman–Crippen LogP) is 14.0. The number of nitrogens with two attached hydrogens (primary N) is 1. The van der Waals surface area contributed by atoms with Crippen LogP contribution in [-0.4, -0.2) is 17.9 Å². The molecule has 46 heavy (non-hydrogen) atoms. The maximum Gasteiger partial charge on any atom is 0.127 e. The van der Waals surface area contributed by atoms with Gasteiger partial charge in [0.05, 0.1) is 5.71 Å². The number of rotatable bonds is 32. The highest BCUT2D eigenvalue weighted by Gasteiger charge is 2.16. The third-order valence-electron chi connectivity index (χ3n) is 9.39. The molecule has 1 saturated carbocycles. The third-order valence-corrected chi connectivity index (χ3v) is 9.39. The van der Waals surface area contributed by atoms with Crippen LogP contribution < -0.4 is 5.73 Å². The van der Waals surface area contributed by atoms with E-state index in [4.69, 9.17) is 10.6 Å². The molecule has 0 radical (unpaired) electrons. The summed E-state index contributed by atoms with van der Waals surface area (Å²) in [5.74, 6) is 0. The first-order valence-corrected chi connectivity index (χ1v) is 20.3. The lowest BCUT2D eigenvalue weighted by molar-refractivity contribution is 0.0419. The van der Waals surface area contributed by atoms with Gasteiger partial charge in [-0.15, -0.1) is 0 Å². The molecule has 0 aliphatic heterocycles. The Morgan fingerprint density at radius 1 is 0.543 bits per heavy atom. The minimum absolute atomic E-state index is 0.291. The molecule has 3 heteroatoms. The maximum atomic E-state index is 6.19. The van der Waals surface area contributed by atoms with E-state index in [9.17, 15) is 0 Å². The maximum absolute atomic E-state index is 6.19. The van der Waals surface area contributed by atoms with Crippen molar-refractivity contribution in [1.82, 2.24) is 0 Å². The fourth-order valence-electron chi connectivity index (χ4n) is 6.18. The largest absolute Gasteiger partial charge is 0.393 e. The molecule has 0 aromatic rings. The first kappa shape index (κ1) is 42.4. The molecular formula is C43H78N2O. The lowest BCUT2D eigenvalue weighted by Crippen LogP contribution is -2.26. The Balaban J connectivity index is 2.12. The number of hydrogen-bond donors (Lipinski definition) is 1. The summed E-state index contributed by atoms with van der Waals surface area (Å²) in [6.07, 6.45) is 56.8. The second kappa shape index (κ2) is 34.7. The highest BCUT2D eigenvalue weighted by molar-refractivity contribution is 5.84. The molecule has 0 amide bonds. The number of unbranched alkanes of at least 4 members (excludes halogenated alkanes) is 18. The molecule has 1 aliphatic rings. The molecule has 0 saturated heterocycles. The quantitative estimate of drug-likeness (QED) is 0.0453. The molecule has 1 rings (SSSR count). The van der Waals surface area contributed by atoms with Gasteiger partial charge >= 0.3 is 0 Å². The van der Waals surface area contributed by atoms with E-state index in [0.29, 0.717) is 12.1 Å². The number of oxime groups is 1. The molecule has 0 bridgehead atoms. The fourth-order valence-corrected chi connectivity index (χ4v) is 6.18. The molecule has 1 aliphatic carbocycles. The Morgan fingerprint density at radius 2 is 0.913 bits per heavy atom. The molecule has 0 spiro atoms. The van der Waals surface area contributed by atoms with Crippen molar-refractivity contribution < 1.29 is 4.84 Å². The first-order valence-electron chi connectivity index (χ1n) is 20.3. The molecule has 266 valence electrons. The zero-order valence-electron chi connectivity index (χ0n) is 30.9. The van der Waals surface area contributed by atoms with Gasteiger partial charge < -0.3 is 10.6 Å². The van der Waals surface area contributed by atoms with Crippen LogP contribution >= 0.6 is 0 Å². The SMILES string of the molecule is CCCCC/C=C\C/C=C\CCCCCCCCC(CCCCCCCC/C=C\C/C=C\CCCCC)ON=C1CCC(N)CC1. The van der Waals surface area contributed by atoms with Crippen LogP contribution in [0.1, 0.15) is 206 Å². The fraction of sp³-hybridized carbons (Fsp3) is 0.791. The second-order valence-electron chi connectivity index (χ2n) is 14.0. The summed E-state index contributed by atoms with van der Waals surface area (Å²) in [5.41, 5.74) is 7.33. The van der Waals surface area contributed by atoms with Crippen molar-refractivity contribution in [3.8, 4) is 0 Å². The monoisotopic (exact) mass is 639 g/mol. The Bertz CT molecular complexity index is 722. The van der Waals surface area contributed by atoms with Crippen molar-refractivity contribution in [2.45, 2.75) is 219 Å². The van der Waals surface area contributed by atoms with Crippen molar-refractivity contribution in [3.05, 3.63) is 48.6 Å². The summed E-state index contributed by atoms with van der Waals surface area (Å²) in [7, 11) is 0. The molecule has 2 N–H and O–H groups in total. The molecule has 0 heterocycles. The standard InChI is InChI=1S/C43H78N2O/c1-3-5-7-9-11-13-15-17-19-21-23-25-27-29-31-33-35-43(46-45-42-39-37-41(44)38-40-42)36-34-32-30-28-26-24-22-20-18-16-14-12-10-8-6-4-2/h11-14,17-20,41,43H,3-10,15-16,21-40,44H2,1-2H3/b13-11-,14-12-,19-17-,20-18-,45-42?. The average Bonchev–Trinajstić information content (AvgIpc) is 3.07. The van der Waals surface area contributed by atoms with Crippen molar-refractivity contribution >= 4 is 5.71 Å². The highest BCUT2D eigenvalue weighted by atomic mass is 16.6. The predicted molar refractivity (Wildman–Crippen MR) is 207 cm³/mol. The van der Waals surface area contributed by atoms with Crippen LogP contribution in [0.15, 0.2) is 53.8 Å². The Morgan fingerprint density at radius 3 is 1.33 bits per heavy atom.